The third-order valence-electron chi connectivity index (χ3n) is 4.81. The summed E-state index contributed by atoms with van der Waals surface area (Å²) in [6.07, 6.45) is 4.29. The second kappa shape index (κ2) is 7.27. The van der Waals surface area contributed by atoms with Gasteiger partial charge in [0.15, 0.2) is 0 Å². The molecule has 0 spiro atoms. The first-order valence-electron chi connectivity index (χ1n) is 9.20. The van der Waals surface area contributed by atoms with Crippen LogP contribution in [0.15, 0.2) is 61.1 Å². The van der Waals surface area contributed by atoms with E-state index in [2.05, 4.69) is 46.2 Å². The van der Waals surface area contributed by atoms with E-state index in [-0.39, 0.29) is 11.4 Å². The zero-order chi connectivity index (χ0) is 20.4. The van der Waals surface area contributed by atoms with Crippen molar-refractivity contribution in [1.82, 2.24) is 19.9 Å². The first kappa shape index (κ1) is 18.5. The van der Waals surface area contributed by atoms with E-state index in [0.29, 0.717) is 17.1 Å². The summed E-state index contributed by atoms with van der Waals surface area (Å²) in [7, 11) is 0. The van der Waals surface area contributed by atoms with Gasteiger partial charge in [-0.2, -0.15) is 0 Å². The average Bonchev–Trinajstić information content (AvgIpc) is 2.73. The Morgan fingerprint density at radius 3 is 2.55 bits per heavy atom. The lowest BCUT2D eigenvalue weighted by Gasteiger charge is -2.27. The number of nitrogen functional groups attached to an aromatic ring is 1. The minimum Gasteiger partial charge on any atom is -0.383 e. The molecule has 0 aliphatic carbocycles. The van der Waals surface area contributed by atoms with Crippen LogP contribution in [0.4, 0.5) is 11.6 Å². The fraction of sp³-hybridized carbons (Fsp3) is 0.136. The first-order valence-corrected chi connectivity index (χ1v) is 9.20. The van der Waals surface area contributed by atoms with Crippen LogP contribution < -0.4 is 11.1 Å². The number of aromatic nitrogens is 4. The Hall–Kier alpha value is -3.87. The topological polar surface area (TPSA) is 113 Å². The number of fused-ring (bicyclic) bond motifs is 1. The molecule has 4 N–H and O–H groups in total. The minimum atomic E-state index is -0.291. The van der Waals surface area contributed by atoms with Gasteiger partial charge < -0.3 is 16.5 Å². The molecule has 144 valence electrons. The molecular weight excluding hydrogens is 362 g/mol. The second-order valence-corrected chi connectivity index (χ2v) is 7.24. The summed E-state index contributed by atoms with van der Waals surface area (Å²) in [4.78, 5) is 17.5. The highest BCUT2D eigenvalue weighted by Crippen LogP contribution is 2.28. The van der Waals surface area contributed by atoms with Crippen LogP contribution in [0.1, 0.15) is 25.0 Å². The minimum absolute atomic E-state index is 0.277. The van der Waals surface area contributed by atoms with Gasteiger partial charge in [0, 0.05) is 11.8 Å². The average molecular weight is 383 g/mol. The smallest absolute Gasteiger partial charge is 0.145 e. The Morgan fingerprint density at radius 1 is 1.00 bits per heavy atom. The van der Waals surface area contributed by atoms with E-state index in [4.69, 9.17) is 16.1 Å². The Labute approximate surface area is 168 Å². The van der Waals surface area contributed by atoms with Gasteiger partial charge in [-0.1, -0.05) is 36.4 Å². The number of nitrogens with two attached hydrogens (primary N) is 1. The summed E-state index contributed by atoms with van der Waals surface area (Å²) < 4.78 is 0. The fourth-order valence-electron chi connectivity index (χ4n) is 3.25. The lowest BCUT2D eigenvalue weighted by molar-refractivity contribution is 0.606. The maximum absolute atomic E-state index is 7.60. The van der Waals surface area contributed by atoms with Crippen LogP contribution in [0.25, 0.3) is 22.3 Å². The van der Waals surface area contributed by atoms with Gasteiger partial charge in [-0.3, -0.25) is 4.98 Å². The van der Waals surface area contributed by atoms with E-state index in [1.807, 2.05) is 36.4 Å². The van der Waals surface area contributed by atoms with E-state index >= 15 is 0 Å². The number of rotatable bonds is 5. The summed E-state index contributed by atoms with van der Waals surface area (Å²) in [5.74, 6) is 0.976. The monoisotopic (exact) mass is 383 g/mol. The van der Waals surface area contributed by atoms with Gasteiger partial charge in [-0.25, -0.2) is 15.0 Å². The number of benzene rings is 2. The van der Waals surface area contributed by atoms with E-state index in [1.165, 1.54) is 12.5 Å². The molecule has 2 heterocycles. The molecule has 0 amide bonds. The zero-order valence-corrected chi connectivity index (χ0v) is 16.2. The van der Waals surface area contributed by atoms with E-state index in [9.17, 15) is 0 Å². The summed E-state index contributed by atoms with van der Waals surface area (Å²) in [5, 5.41) is 11.1. The number of hydrogen-bond acceptors (Lipinski definition) is 7. The zero-order valence-electron chi connectivity index (χ0n) is 16.2. The summed E-state index contributed by atoms with van der Waals surface area (Å²) in [6.45, 7) is 4.21. The Morgan fingerprint density at radius 2 is 1.79 bits per heavy atom. The van der Waals surface area contributed by atoms with Crippen molar-refractivity contribution < 1.29 is 0 Å². The Kier molecular flexibility index (Phi) is 4.64. The molecule has 4 rings (SSSR count). The highest BCUT2D eigenvalue weighted by atomic mass is 15.1. The molecule has 29 heavy (non-hydrogen) atoms. The molecule has 4 aromatic rings. The quantitative estimate of drug-likeness (QED) is 0.449. The van der Waals surface area contributed by atoms with Crippen LogP contribution >= 0.6 is 0 Å². The predicted octanol–water partition coefficient (Wildman–Crippen LogP) is 4.01. The normalized spacial score (nSPS) is 11.4. The van der Waals surface area contributed by atoms with Crippen molar-refractivity contribution in [2.24, 2.45) is 0 Å². The molecule has 7 heteroatoms. The molecule has 0 aliphatic rings. The highest BCUT2D eigenvalue weighted by Gasteiger charge is 2.20. The summed E-state index contributed by atoms with van der Waals surface area (Å²) in [6, 6.07) is 15.9. The van der Waals surface area contributed by atoms with Crippen molar-refractivity contribution >= 4 is 28.9 Å². The molecule has 0 fully saturated rings. The summed E-state index contributed by atoms with van der Waals surface area (Å²) in [5.41, 5.74) is 10.1. The third kappa shape index (κ3) is 3.62. The summed E-state index contributed by atoms with van der Waals surface area (Å²) >= 11 is 0. The molecule has 0 aliphatic heterocycles. The second-order valence-electron chi connectivity index (χ2n) is 7.24. The van der Waals surface area contributed by atoms with Crippen LogP contribution in [0.5, 0.6) is 0 Å². The highest BCUT2D eigenvalue weighted by molar-refractivity contribution is 5.93. The van der Waals surface area contributed by atoms with Gasteiger partial charge in [0.25, 0.3) is 0 Å². The lowest BCUT2D eigenvalue weighted by Crippen LogP contribution is -2.28. The van der Waals surface area contributed by atoms with Gasteiger partial charge >= 0.3 is 0 Å². The van der Waals surface area contributed by atoms with Crippen LogP contribution in [0, 0.1) is 5.41 Å². The van der Waals surface area contributed by atoms with E-state index in [1.54, 1.807) is 6.20 Å². The van der Waals surface area contributed by atoms with Gasteiger partial charge in [-0.05, 0) is 31.5 Å². The molecule has 0 unspecified atom stereocenters. The van der Waals surface area contributed by atoms with Crippen molar-refractivity contribution in [3.05, 3.63) is 72.2 Å². The third-order valence-corrected chi connectivity index (χ3v) is 4.81. The molecule has 0 saturated carbocycles. The van der Waals surface area contributed by atoms with E-state index < -0.39 is 0 Å². The number of hydrogen-bond donors (Lipinski definition) is 3. The van der Waals surface area contributed by atoms with Gasteiger partial charge in [0.05, 0.1) is 34.0 Å². The van der Waals surface area contributed by atoms with Crippen molar-refractivity contribution in [1.29, 1.82) is 5.41 Å². The van der Waals surface area contributed by atoms with Gasteiger partial charge in [0.1, 0.15) is 18.0 Å². The SMILES string of the molecule is CC(C)(Nc1cnc2cc(-c3ncnc(N)c3C=N)ccc2n1)c1ccccc1. The molecule has 2 aromatic carbocycles. The van der Waals surface area contributed by atoms with Crippen molar-refractivity contribution in [2.75, 3.05) is 11.1 Å². The molecule has 7 nitrogen and oxygen atoms in total. The molecule has 0 saturated heterocycles. The maximum Gasteiger partial charge on any atom is 0.145 e. The number of nitrogens with one attached hydrogen (secondary N) is 2. The van der Waals surface area contributed by atoms with Gasteiger partial charge in [-0.15, -0.1) is 0 Å². The number of nitrogens with zero attached hydrogens (tertiary/aromatic N) is 4. The van der Waals surface area contributed by atoms with Crippen LogP contribution in [0.3, 0.4) is 0 Å². The van der Waals surface area contributed by atoms with Crippen molar-refractivity contribution in [3.63, 3.8) is 0 Å². The van der Waals surface area contributed by atoms with Crippen LogP contribution in [0.2, 0.25) is 0 Å². The van der Waals surface area contributed by atoms with Crippen LogP contribution in [-0.2, 0) is 5.54 Å². The largest absolute Gasteiger partial charge is 0.383 e. The molecule has 0 atom stereocenters. The first-order chi connectivity index (χ1) is 14.0. The molecular formula is C22H21N7. The maximum atomic E-state index is 7.60. The lowest BCUT2D eigenvalue weighted by atomic mass is 9.94. The molecule has 2 aromatic heterocycles. The van der Waals surface area contributed by atoms with Crippen molar-refractivity contribution in [3.8, 4) is 11.3 Å². The van der Waals surface area contributed by atoms with Gasteiger partial charge in [0.2, 0.25) is 0 Å². The Balaban J connectivity index is 1.68. The van der Waals surface area contributed by atoms with Crippen LogP contribution in [-0.4, -0.2) is 26.2 Å². The number of anilines is 2. The Bertz CT molecular complexity index is 1190. The van der Waals surface area contributed by atoms with E-state index in [0.717, 1.165) is 22.2 Å². The van der Waals surface area contributed by atoms with Crippen molar-refractivity contribution in [2.45, 2.75) is 19.4 Å². The predicted molar refractivity (Wildman–Crippen MR) is 116 cm³/mol. The standard InChI is InChI=1S/C22H21N7/c1-22(2,15-6-4-3-5-7-15)29-19-12-25-18-10-14(8-9-17(18)28-19)20-16(11-23)21(24)27-13-26-20/h3-13,23H,1-2H3,(H,28,29)(H2,24,26,27). The fourth-order valence-corrected chi connectivity index (χ4v) is 3.25. The molecule has 0 radical (unpaired) electrons. The molecule has 0 bridgehead atoms.